The van der Waals surface area contributed by atoms with Crippen LogP contribution in [0.4, 0.5) is 0 Å². The second-order valence-electron chi connectivity index (χ2n) is 8.40. The van der Waals surface area contributed by atoms with E-state index in [1.807, 2.05) is 54.6 Å². The van der Waals surface area contributed by atoms with Gasteiger partial charge < -0.3 is 14.2 Å². The number of benzene rings is 3. The van der Waals surface area contributed by atoms with E-state index in [1.54, 1.807) is 24.3 Å². The topological polar surface area (TPSA) is 61.8 Å². The lowest BCUT2D eigenvalue weighted by Crippen LogP contribution is -2.19. The number of hydrogen-bond donors (Lipinski definition) is 0. The number of carbonyl (C=O) groups is 2. The minimum absolute atomic E-state index is 0.0386. The molecule has 0 radical (unpaired) electrons. The summed E-state index contributed by atoms with van der Waals surface area (Å²) in [6, 6.07) is 23.9. The minimum Gasteiger partial charge on any atom is -0.482 e. The highest BCUT2D eigenvalue weighted by atomic mass is 16.6. The molecule has 3 aromatic rings. The molecular formula is C27H28O5. The molecule has 0 aliphatic rings. The lowest BCUT2D eigenvalue weighted by atomic mass is 9.87. The van der Waals surface area contributed by atoms with E-state index in [-0.39, 0.29) is 29.9 Å². The monoisotopic (exact) mass is 432 g/mol. The van der Waals surface area contributed by atoms with Gasteiger partial charge in [0.25, 0.3) is 0 Å². The van der Waals surface area contributed by atoms with Gasteiger partial charge in [0.2, 0.25) is 0 Å². The summed E-state index contributed by atoms with van der Waals surface area (Å²) in [4.78, 5) is 24.8. The summed E-state index contributed by atoms with van der Waals surface area (Å²) in [7, 11) is 0. The van der Waals surface area contributed by atoms with Gasteiger partial charge in [-0.3, -0.25) is 0 Å². The van der Waals surface area contributed by atoms with Crippen molar-refractivity contribution in [2.24, 2.45) is 0 Å². The van der Waals surface area contributed by atoms with Gasteiger partial charge in [-0.15, -0.1) is 0 Å². The summed E-state index contributed by atoms with van der Waals surface area (Å²) < 4.78 is 16.3. The average molecular weight is 433 g/mol. The molecule has 166 valence electrons. The van der Waals surface area contributed by atoms with Crippen molar-refractivity contribution >= 4 is 11.9 Å². The fraction of sp³-hybridized carbons (Fsp3) is 0.259. The van der Waals surface area contributed by atoms with Crippen LogP contribution in [0.1, 0.15) is 42.3 Å². The molecule has 5 heteroatoms. The number of hydrogen-bond acceptors (Lipinski definition) is 5. The Hall–Kier alpha value is -3.60. The molecule has 0 amide bonds. The summed E-state index contributed by atoms with van der Waals surface area (Å²) in [6.45, 7) is 6.35. The third-order valence-corrected chi connectivity index (χ3v) is 4.87. The molecule has 0 N–H and O–H groups in total. The second kappa shape index (κ2) is 10.6. The third-order valence-electron chi connectivity index (χ3n) is 4.87. The molecule has 0 spiro atoms. The second-order valence-corrected chi connectivity index (χ2v) is 8.40. The maximum absolute atomic E-state index is 12.5. The molecule has 0 atom stereocenters. The number of carbonyl (C=O) groups excluding carboxylic acids is 2. The van der Waals surface area contributed by atoms with Crippen molar-refractivity contribution in [1.82, 2.24) is 0 Å². The molecule has 0 saturated carbocycles. The Bertz CT molecular complexity index is 1030. The first kappa shape index (κ1) is 23.1. The quantitative estimate of drug-likeness (QED) is 0.354. The highest BCUT2D eigenvalue weighted by Gasteiger charge is 2.17. The molecule has 32 heavy (non-hydrogen) atoms. The Labute approximate surface area is 188 Å². The van der Waals surface area contributed by atoms with Gasteiger partial charge in [-0.2, -0.15) is 0 Å². The van der Waals surface area contributed by atoms with E-state index in [0.717, 1.165) is 5.56 Å². The molecule has 0 aliphatic carbocycles. The summed E-state index contributed by atoms with van der Waals surface area (Å²) in [5, 5.41) is 0. The van der Waals surface area contributed by atoms with E-state index in [2.05, 4.69) is 20.8 Å². The molecule has 5 nitrogen and oxygen atoms in total. The number of ether oxygens (including phenoxy) is 3. The summed E-state index contributed by atoms with van der Waals surface area (Å²) >= 11 is 0. The zero-order valence-electron chi connectivity index (χ0n) is 18.7. The van der Waals surface area contributed by atoms with Crippen LogP contribution >= 0.6 is 0 Å². The van der Waals surface area contributed by atoms with E-state index in [4.69, 9.17) is 14.2 Å². The van der Waals surface area contributed by atoms with Crippen molar-refractivity contribution in [2.75, 3.05) is 13.2 Å². The van der Waals surface area contributed by atoms with Gasteiger partial charge in [-0.25, -0.2) is 9.59 Å². The first-order valence-electron chi connectivity index (χ1n) is 10.6. The summed E-state index contributed by atoms with van der Waals surface area (Å²) in [6.07, 6.45) is 0.608. The van der Waals surface area contributed by atoms with Crippen molar-refractivity contribution in [1.29, 1.82) is 0 Å². The van der Waals surface area contributed by atoms with Crippen molar-refractivity contribution in [3.63, 3.8) is 0 Å². The van der Waals surface area contributed by atoms with Crippen LogP contribution < -0.4 is 9.47 Å². The van der Waals surface area contributed by atoms with E-state index in [1.165, 1.54) is 5.56 Å². The summed E-state index contributed by atoms with van der Waals surface area (Å²) in [5.74, 6) is -0.421. The normalized spacial score (nSPS) is 11.0. The van der Waals surface area contributed by atoms with Gasteiger partial charge in [0.05, 0.1) is 6.61 Å². The lowest BCUT2D eigenvalue weighted by Gasteiger charge is -2.19. The van der Waals surface area contributed by atoms with Crippen LogP contribution in [0.25, 0.3) is 0 Å². The van der Waals surface area contributed by atoms with Gasteiger partial charge in [-0.05, 0) is 40.8 Å². The average Bonchev–Trinajstić information content (AvgIpc) is 2.78. The highest BCUT2D eigenvalue weighted by Crippen LogP contribution is 2.24. The molecule has 0 fully saturated rings. The van der Waals surface area contributed by atoms with E-state index in [0.29, 0.717) is 12.2 Å². The number of para-hydroxylation sites is 1. The molecule has 0 aromatic heterocycles. The first-order valence-corrected chi connectivity index (χ1v) is 10.6. The van der Waals surface area contributed by atoms with E-state index >= 15 is 0 Å². The molecule has 0 aliphatic heterocycles. The van der Waals surface area contributed by atoms with Crippen molar-refractivity contribution in [2.45, 2.75) is 32.6 Å². The molecule has 0 bridgehead atoms. The van der Waals surface area contributed by atoms with Crippen molar-refractivity contribution in [3.05, 3.63) is 95.6 Å². The lowest BCUT2D eigenvalue weighted by molar-refractivity contribution is -0.136. The van der Waals surface area contributed by atoms with Gasteiger partial charge in [0.15, 0.2) is 6.61 Å². The van der Waals surface area contributed by atoms with Gasteiger partial charge in [0.1, 0.15) is 17.1 Å². The van der Waals surface area contributed by atoms with Crippen molar-refractivity contribution < 1.29 is 23.8 Å². The smallest absolute Gasteiger partial charge is 0.349 e. The summed E-state index contributed by atoms with van der Waals surface area (Å²) in [5.41, 5.74) is 2.49. The molecule has 0 unspecified atom stereocenters. The maximum atomic E-state index is 12.5. The standard InChI is InChI=1S/C27H28O5/c1-27(2,3)21-13-15-22(16-14-21)31-19-25(28)32-24-12-8-7-11-23(24)26(29)30-18-17-20-9-5-4-6-10-20/h4-16H,17-19H2,1-3H3. The van der Waals surface area contributed by atoms with Crippen LogP contribution in [0.3, 0.4) is 0 Å². The Morgan fingerprint density at radius 2 is 1.47 bits per heavy atom. The fourth-order valence-corrected chi connectivity index (χ4v) is 3.05. The predicted octanol–water partition coefficient (Wildman–Crippen LogP) is 5.37. The minimum atomic E-state index is -0.602. The fourth-order valence-electron chi connectivity index (χ4n) is 3.05. The zero-order valence-corrected chi connectivity index (χ0v) is 18.7. The predicted molar refractivity (Wildman–Crippen MR) is 123 cm³/mol. The van der Waals surface area contributed by atoms with Gasteiger partial charge >= 0.3 is 11.9 Å². The van der Waals surface area contributed by atoms with Crippen LogP contribution in [-0.2, 0) is 21.4 Å². The molecule has 3 aromatic carbocycles. The zero-order chi connectivity index (χ0) is 23.0. The maximum Gasteiger partial charge on any atom is 0.349 e. The van der Waals surface area contributed by atoms with Crippen LogP contribution in [-0.4, -0.2) is 25.2 Å². The SMILES string of the molecule is CC(C)(C)c1ccc(OCC(=O)Oc2ccccc2C(=O)OCCc2ccccc2)cc1. The number of esters is 2. The van der Waals surface area contributed by atoms with E-state index in [9.17, 15) is 9.59 Å². The Morgan fingerprint density at radius 3 is 2.16 bits per heavy atom. The first-order chi connectivity index (χ1) is 15.3. The number of rotatable bonds is 8. The van der Waals surface area contributed by atoms with Gasteiger partial charge in [0, 0.05) is 6.42 Å². The largest absolute Gasteiger partial charge is 0.482 e. The molecule has 0 heterocycles. The molecular weight excluding hydrogens is 404 g/mol. The van der Waals surface area contributed by atoms with Crippen LogP contribution in [0.15, 0.2) is 78.9 Å². The van der Waals surface area contributed by atoms with Crippen LogP contribution in [0.5, 0.6) is 11.5 Å². The highest BCUT2D eigenvalue weighted by molar-refractivity contribution is 5.93. The molecule has 0 saturated heterocycles. The van der Waals surface area contributed by atoms with Crippen LogP contribution in [0.2, 0.25) is 0 Å². The Balaban J connectivity index is 1.53. The Morgan fingerprint density at radius 1 is 0.812 bits per heavy atom. The van der Waals surface area contributed by atoms with E-state index < -0.39 is 11.9 Å². The third kappa shape index (κ3) is 6.71. The Kier molecular flexibility index (Phi) is 7.66. The molecule has 3 rings (SSSR count). The van der Waals surface area contributed by atoms with Crippen molar-refractivity contribution in [3.8, 4) is 11.5 Å². The van der Waals surface area contributed by atoms with Gasteiger partial charge in [-0.1, -0.05) is 75.4 Å². The van der Waals surface area contributed by atoms with Crippen LogP contribution in [0, 0.1) is 0 Å².